The van der Waals surface area contributed by atoms with Crippen LogP contribution in [0.3, 0.4) is 0 Å². The summed E-state index contributed by atoms with van der Waals surface area (Å²) in [5.41, 5.74) is 1.09. The Kier molecular flexibility index (Phi) is 10.4. The van der Waals surface area contributed by atoms with Gasteiger partial charge in [0.05, 0.1) is 17.7 Å². The molecule has 0 aliphatic rings. The molecule has 39 heavy (non-hydrogen) atoms. The maximum absolute atomic E-state index is 13.8. The molecule has 0 aliphatic carbocycles. The number of ether oxygens (including phenoxy) is 1. The molecular weight excluding hydrogens is 521 g/mol. The summed E-state index contributed by atoms with van der Waals surface area (Å²) in [6, 6.07) is 19.4. The average Bonchev–Trinajstić information content (AvgIpc) is 2.95. The normalized spacial score (nSPS) is 11.9. The van der Waals surface area contributed by atoms with Crippen molar-refractivity contribution in [2.75, 3.05) is 31.0 Å². The van der Waals surface area contributed by atoms with E-state index in [0.717, 1.165) is 22.0 Å². The number of nitrogens with zero attached hydrogens (tertiary/aromatic N) is 2. The highest BCUT2D eigenvalue weighted by atomic mass is 32.2. The van der Waals surface area contributed by atoms with E-state index in [2.05, 4.69) is 5.32 Å². The molecule has 8 nitrogen and oxygen atoms in total. The molecule has 3 aromatic rings. The fourth-order valence-electron chi connectivity index (χ4n) is 4.20. The molecule has 0 heterocycles. The summed E-state index contributed by atoms with van der Waals surface area (Å²) in [5.74, 6) is -0.935. The van der Waals surface area contributed by atoms with Crippen molar-refractivity contribution in [3.63, 3.8) is 0 Å². The zero-order valence-electron chi connectivity index (χ0n) is 22.3. The number of carbonyl (C=O) groups is 2. The summed E-state index contributed by atoms with van der Waals surface area (Å²) in [4.78, 5) is 28.1. The van der Waals surface area contributed by atoms with E-state index in [-0.39, 0.29) is 23.0 Å². The van der Waals surface area contributed by atoms with Crippen LogP contribution in [0.1, 0.15) is 25.8 Å². The number of hydrogen-bond acceptors (Lipinski definition) is 5. The molecule has 208 valence electrons. The van der Waals surface area contributed by atoms with Crippen LogP contribution in [0.2, 0.25) is 0 Å². The number of sulfonamides is 1. The Hall–Kier alpha value is -3.92. The molecular formula is C29H34FN3O5S. The summed E-state index contributed by atoms with van der Waals surface area (Å²) in [6.07, 6.45) is 0.818. The average molecular weight is 556 g/mol. The summed E-state index contributed by atoms with van der Waals surface area (Å²) in [6.45, 7) is 3.61. The third-order valence-electron chi connectivity index (χ3n) is 6.26. The molecule has 0 aromatic heterocycles. The fourth-order valence-corrected chi connectivity index (χ4v) is 5.61. The third kappa shape index (κ3) is 7.57. The van der Waals surface area contributed by atoms with Gasteiger partial charge in [-0.05, 0) is 73.9 Å². The zero-order valence-corrected chi connectivity index (χ0v) is 23.2. The van der Waals surface area contributed by atoms with E-state index in [1.165, 1.54) is 48.4 Å². The van der Waals surface area contributed by atoms with Gasteiger partial charge in [-0.2, -0.15) is 0 Å². The van der Waals surface area contributed by atoms with Gasteiger partial charge in [-0.15, -0.1) is 0 Å². The lowest BCUT2D eigenvalue weighted by atomic mass is 10.1. The van der Waals surface area contributed by atoms with E-state index in [9.17, 15) is 22.4 Å². The first kappa shape index (κ1) is 29.6. The molecule has 0 fully saturated rings. The molecule has 1 atom stereocenters. The van der Waals surface area contributed by atoms with Gasteiger partial charge >= 0.3 is 0 Å². The van der Waals surface area contributed by atoms with Crippen LogP contribution in [0.4, 0.5) is 10.1 Å². The van der Waals surface area contributed by atoms with Crippen molar-refractivity contribution in [3.05, 3.63) is 90.2 Å². The van der Waals surface area contributed by atoms with Crippen LogP contribution in [0.25, 0.3) is 0 Å². The van der Waals surface area contributed by atoms with Crippen LogP contribution in [0.5, 0.6) is 5.75 Å². The van der Waals surface area contributed by atoms with Gasteiger partial charge in [-0.25, -0.2) is 12.8 Å². The minimum absolute atomic E-state index is 0.0629. The van der Waals surface area contributed by atoms with Gasteiger partial charge in [-0.1, -0.05) is 37.3 Å². The van der Waals surface area contributed by atoms with Gasteiger partial charge in [0.1, 0.15) is 24.2 Å². The van der Waals surface area contributed by atoms with Gasteiger partial charge in [-0.3, -0.25) is 13.9 Å². The predicted octanol–water partition coefficient (Wildman–Crippen LogP) is 4.02. The highest BCUT2D eigenvalue weighted by Crippen LogP contribution is 2.26. The van der Waals surface area contributed by atoms with Crippen molar-refractivity contribution < 1.29 is 27.1 Å². The van der Waals surface area contributed by atoms with E-state index in [0.29, 0.717) is 25.1 Å². The quantitative estimate of drug-likeness (QED) is 0.344. The molecule has 0 bridgehead atoms. The summed E-state index contributed by atoms with van der Waals surface area (Å²) >= 11 is 0. The summed E-state index contributed by atoms with van der Waals surface area (Å²) in [7, 11) is -2.78. The first-order valence-electron chi connectivity index (χ1n) is 12.7. The maximum atomic E-state index is 13.8. The maximum Gasteiger partial charge on any atom is 0.264 e. The Balaban J connectivity index is 2.00. The standard InChI is InChI=1S/C29H34FN3O5S/c1-4-27(29(35)31-5-2)32(20-19-22-9-7-6-8-10-22)28(34)21-33(24-13-11-23(30)12-14-24)39(36,37)26-17-15-25(38-3)16-18-26/h6-18,27H,4-5,19-21H2,1-3H3,(H,31,35)/t27-/m1/s1. The predicted molar refractivity (Wildman–Crippen MR) is 149 cm³/mol. The van der Waals surface area contributed by atoms with Crippen LogP contribution >= 0.6 is 0 Å². The number of amides is 2. The third-order valence-corrected chi connectivity index (χ3v) is 8.05. The number of nitrogens with one attached hydrogen (secondary N) is 1. The SMILES string of the molecule is CCNC(=O)[C@@H](CC)N(CCc1ccccc1)C(=O)CN(c1ccc(F)cc1)S(=O)(=O)c1ccc(OC)cc1. The van der Waals surface area contributed by atoms with Crippen molar-refractivity contribution in [1.82, 2.24) is 10.2 Å². The summed E-state index contributed by atoms with van der Waals surface area (Å²) in [5, 5.41) is 2.77. The lowest BCUT2D eigenvalue weighted by molar-refractivity contribution is -0.139. The molecule has 0 saturated heterocycles. The van der Waals surface area contributed by atoms with Crippen LogP contribution in [-0.2, 0) is 26.0 Å². The molecule has 0 radical (unpaired) electrons. The van der Waals surface area contributed by atoms with Gasteiger partial charge < -0.3 is 15.0 Å². The minimum atomic E-state index is -4.24. The highest BCUT2D eigenvalue weighted by molar-refractivity contribution is 7.92. The second-order valence-corrected chi connectivity index (χ2v) is 10.7. The molecule has 0 aliphatic heterocycles. The molecule has 0 unspecified atom stereocenters. The number of halogens is 1. The largest absolute Gasteiger partial charge is 0.497 e. The first-order chi connectivity index (χ1) is 18.7. The van der Waals surface area contributed by atoms with Crippen LogP contribution in [0.15, 0.2) is 83.8 Å². The summed E-state index contributed by atoms with van der Waals surface area (Å²) < 4.78 is 47.3. The van der Waals surface area contributed by atoms with Crippen molar-refractivity contribution in [2.45, 2.75) is 37.6 Å². The minimum Gasteiger partial charge on any atom is -0.497 e. The first-order valence-corrected chi connectivity index (χ1v) is 14.2. The van der Waals surface area contributed by atoms with E-state index in [1.54, 1.807) is 13.8 Å². The van der Waals surface area contributed by atoms with Crippen molar-refractivity contribution >= 4 is 27.5 Å². The Morgan fingerprint density at radius 2 is 1.59 bits per heavy atom. The number of benzene rings is 3. The molecule has 10 heteroatoms. The fraction of sp³-hybridized carbons (Fsp3) is 0.310. The Bertz CT molecular complexity index is 1330. The molecule has 2 amide bonds. The Labute approximate surface area is 229 Å². The molecule has 0 saturated carbocycles. The van der Waals surface area contributed by atoms with Crippen molar-refractivity contribution in [1.29, 1.82) is 0 Å². The van der Waals surface area contributed by atoms with Gasteiger partial charge in [0.15, 0.2) is 0 Å². The highest BCUT2D eigenvalue weighted by Gasteiger charge is 2.33. The van der Waals surface area contributed by atoms with Crippen LogP contribution in [0, 0.1) is 5.82 Å². The number of hydrogen-bond donors (Lipinski definition) is 1. The lowest BCUT2D eigenvalue weighted by Crippen LogP contribution is -2.53. The number of carbonyl (C=O) groups excluding carboxylic acids is 2. The number of rotatable bonds is 13. The van der Waals surface area contributed by atoms with Crippen molar-refractivity contribution in [3.8, 4) is 5.75 Å². The molecule has 0 spiro atoms. The number of methoxy groups -OCH3 is 1. The molecule has 3 aromatic carbocycles. The van der Waals surface area contributed by atoms with Crippen LogP contribution < -0.4 is 14.4 Å². The molecule has 1 N–H and O–H groups in total. The lowest BCUT2D eigenvalue weighted by Gasteiger charge is -2.33. The van der Waals surface area contributed by atoms with Gasteiger partial charge in [0, 0.05) is 13.1 Å². The van der Waals surface area contributed by atoms with Crippen molar-refractivity contribution in [2.24, 2.45) is 0 Å². The number of likely N-dealkylation sites (N-methyl/N-ethyl adjacent to an activating group) is 1. The number of anilines is 1. The second kappa shape index (κ2) is 13.7. The zero-order chi connectivity index (χ0) is 28.4. The monoisotopic (exact) mass is 555 g/mol. The Morgan fingerprint density at radius 3 is 2.15 bits per heavy atom. The van der Waals surface area contributed by atoms with E-state index >= 15 is 0 Å². The van der Waals surface area contributed by atoms with E-state index < -0.39 is 34.3 Å². The van der Waals surface area contributed by atoms with E-state index in [1.807, 2.05) is 30.3 Å². The van der Waals surface area contributed by atoms with Gasteiger partial charge in [0.25, 0.3) is 10.0 Å². The Morgan fingerprint density at radius 1 is 0.949 bits per heavy atom. The topological polar surface area (TPSA) is 96.0 Å². The smallest absolute Gasteiger partial charge is 0.264 e. The second-order valence-electron chi connectivity index (χ2n) is 8.80. The van der Waals surface area contributed by atoms with E-state index in [4.69, 9.17) is 4.74 Å². The van der Waals surface area contributed by atoms with Crippen LogP contribution in [-0.4, -0.2) is 57.9 Å². The van der Waals surface area contributed by atoms with Gasteiger partial charge in [0.2, 0.25) is 11.8 Å². The molecule has 3 rings (SSSR count).